The van der Waals surface area contributed by atoms with Crippen molar-refractivity contribution < 1.29 is 57.5 Å². The molecular formula is C42H68N4O12. The van der Waals surface area contributed by atoms with Crippen molar-refractivity contribution in [1.82, 2.24) is 21.3 Å². The number of hydrogen-bond acceptors (Lipinski definition) is 12. The van der Waals surface area contributed by atoms with Crippen LogP contribution in [0.15, 0.2) is 0 Å². The molecule has 0 bridgehead atoms. The predicted molar refractivity (Wildman–Crippen MR) is 216 cm³/mol. The molecule has 0 aromatic carbocycles. The second-order valence-corrected chi connectivity index (χ2v) is 15.7. The molecule has 0 aliphatic heterocycles. The molecular weight excluding hydrogens is 752 g/mol. The fraction of sp³-hybridized carbons (Fsp3) is 0.714. The molecule has 0 aromatic rings. The highest BCUT2D eigenvalue weighted by Gasteiger charge is 2.33. The minimum Gasteiger partial charge on any atom is -0.349 e. The maximum atomic E-state index is 12.3. The van der Waals surface area contributed by atoms with Gasteiger partial charge in [-0.05, 0) is 118 Å². The van der Waals surface area contributed by atoms with Crippen LogP contribution in [0.5, 0.6) is 0 Å². The number of rotatable bonds is 32. The summed E-state index contributed by atoms with van der Waals surface area (Å²) in [6.07, 6.45) is 5.19. The Labute approximate surface area is 343 Å². The molecule has 0 atom stereocenters. The van der Waals surface area contributed by atoms with Gasteiger partial charge in [0, 0.05) is 51.4 Å². The van der Waals surface area contributed by atoms with E-state index in [0.717, 1.165) is 0 Å². The Morgan fingerprint density at radius 2 is 0.414 bits per heavy atom. The van der Waals surface area contributed by atoms with E-state index in [4.69, 9.17) is 0 Å². The summed E-state index contributed by atoms with van der Waals surface area (Å²) >= 11 is 0. The number of amides is 4. The van der Waals surface area contributed by atoms with Crippen molar-refractivity contribution in [3.05, 3.63) is 0 Å². The number of Topliss-reactive ketones (excluding diaryl/α,β-unsaturated/α-hetero) is 8. The molecule has 0 fully saturated rings. The van der Waals surface area contributed by atoms with E-state index in [1.807, 2.05) is 0 Å². The van der Waals surface area contributed by atoms with Crippen molar-refractivity contribution in [1.29, 1.82) is 0 Å². The minimum absolute atomic E-state index is 0.00747. The summed E-state index contributed by atoms with van der Waals surface area (Å²) in [5.74, 6) is -1.99. The maximum absolute atomic E-state index is 12.3. The van der Waals surface area contributed by atoms with Crippen molar-refractivity contribution in [3.63, 3.8) is 0 Å². The van der Waals surface area contributed by atoms with Gasteiger partial charge in [0.2, 0.25) is 23.6 Å². The highest BCUT2D eigenvalue weighted by molar-refractivity contribution is 5.86. The van der Waals surface area contributed by atoms with E-state index in [2.05, 4.69) is 21.3 Å². The average molecular weight is 821 g/mol. The molecule has 328 valence electrons. The van der Waals surface area contributed by atoms with Crippen LogP contribution in [-0.4, -0.2) is 96.1 Å². The van der Waals surface area contributed by atoms with Gasteiger partial charge in [-0.15, -0.1) is 0 Å². The standard InChI is InChI=1S/C25H40N4O8.C17H28O4/c1-17(30)13-26-21(34)5-9-25(10-6-22(35)27-14-18(2)31,11-7-23(36)28-15-19(3)32)12-8-24(37)29-16-20(4)33;1-13(18)5-9-17(10-6-14(2)19,11-7-15(3)20)12-8-16(4)21/h5-16H2,1-4H3,(H,26,34)(H,27,35)(H,28,36)(H,29,37);5-12H2,1-4H3. The summed E-state index contributed by atoms with van der Waals surface area (Å²) in [4.78, 5) is 139. The monoisotopic (exact) mass is 820 g/mol. The second-order valence-electron chi connectivity index (χ2n) is 15.7. The molecule has 0 radical (unpaired) electrons. The van der Waals surface area contributed by atoms with Gasteiger partial charge >= 0.3 is 0 Å². The molecule has 16 heteroatoms. The first-order valence-electron chi connectivity index (χ1n) is 19.9. The second kappa shape index (κ2) is 30.3. The van der Waals surface area contributed by atoms with Crippen LogP contribution < -0.4 is 21.3 Å². The minimum atomic E-state index is -0.803. The molecule has 0 spiro atoms. The van der Waals surface area contributed by atoms with Gasteiger partial charge in [-0.25, -0.2) is 0 Å². The molecule has 4 amide bonds. The van der Waals surface area contributed by atoms with Crippen LogP contribution in [0.4, 0.5) is 0 Å². The average Bonchev–Trinajstić information content (AvgIpc) is 3.13. The molecule has 0 aliphatic rings. The lowest BCUT2D eigenvalue weighted by Gasteiger charge is -2.34. The zero-order chi connectivity index (χ0) is 44.9. The maximum Gasteiger partial charge on any atom is 0.220 e. The van der Waals surface area contributed by atoms with E-state index in [1.54, 1.807) is 27.7 Å². The van der Waals surface area contributed by atoms with Crippen molar-refractivity contribution in [2.45, 2.75) is 158 Å². The Kier molecular flexibility index (Phi) is 28.9. The van der Waals surface area contributed by atoms with Crippen LogP contribution in [0.3, 0.4) is 0 Å². The summed E-state index contributed by atoms with van der Waals surface area (Å²) < 4.78 is 0. The highest BCUT2D eigenvalue weighted by Crippen LogP contribution is 2.41. The molecule has 0 aliphatic carbocycles. The van der Waals surface area contributed by atoms with Gasteiger partial charge in [-0.2, -0.15) is 0 Å². The quantitative estimate of drug-likeness (QED) is 0.0763. The van der Waals surface area contributed by atoms with Crippen LogP contribution in [-0.2, 0) is 57.5 Å². The Balaban J connectivity index is 0. The van der Waals surface area contributed by atoms with Gasteiger partial charge in [-0.1, -0.05) is 0 Å². The number of nitrogens with one attached hydrogen (secondary N) is 4. The Bertz CT molecular complexity index is 1250. The van der Waals surface area contributed by atoms with Gasteiger partial charge < -0.3 is 40.4 Å². The van der Waals surface area contributed by atoms with Gasteiger partial charge in [-0.3, -0.25) is 38.4 Å². The third-order valence-corrected chi connectivity index (χ3v) is 9.70. The fourth-order valence-electron chi connectivity index (χ4n) is 6.03. The summed E-state index contributed by atoms with van der Waals surface area (Å²) in [6, 6.07) is 0. The number of carbonyl (C=O) groups excluding carboxylic acids is 12. The van der Waals surface area contributed by atoms with Crippen molar-refractivity contribution >= 4 is 69.9 Å². The first-order chi connectivity index (χ1) is 26.9. The number of carbonyl (C=O) groups is 12. The van der Waals surface area contributed by atoms with Gasteiger partial charge in [0.1, 0.15) is 46.3 Å². The molecule has 0 saturated carbocycles. The third kappa shape index (κ3) is 32.3. The van der Waals surface area contributed by atoms with E-state index >= 15 is 0 Å². The molecule has 0 unspecified atom stereocenters. The molecule has 58 heavy (non-hydrogen) atoms. The summed E-state index contributed by atoms with van der Waals surface area (Å²) in [5, 5.41) is 10.0. The Hall–Kier alpha value is -4.76. The lowest BCUT2D eigenvalue weighted by atomic mass is 9.71. The lowest BCUT2D eigenvalue weighted by molar-refractivity contribution is -0.127. The first-order valence-corrected chi connectivity index (χ1v) is 19.9. The van der Waals surface area contributed by atoms with E-state index in [9.17, 15) is 57.5 Å². The summed E-state index contributed by atoms with van der Waals surface area (Å²) in [5.41, 5.74) is -1.06. The van der Waals surface area contributed by atoms with E-state index in [-0.39, 0.29) is 153 Å². The largest absolute Gasteiger partial charge is 0.349 e. The van der Waals surface area contributed by atoms with Crippen LogP contribution in [0.2, 0.25) is 0 Å². The van der Waals surface area contributed by atoms with Crippen LogP contribution in [0, 0.1) is 10.8 Å². The van der Waals surface area contributed by atoms with Gasteiger partial charge in [0.15, 0.2) is 0 Å². The van der Waals surface area contributed by atoms with E-state index in [1.165, 1.54) is 27.7 Å². The predicted octanol–water partition coefficient (Wildman–Crippen LogP) is 3.36. The van der Waals surface area contributed by atoms with Crippen molar-refractivity contribution in [3.8, 4) is 0 Å². The fourth-order valence-corrected chi connectivity index (χ4v) is 6.03. The summed E-state index contributed by atoms with van der Waals surface area (Å²) in [7, 11) is 0. The topological polar surface area (TPSA) is 253 Å². The zero-order valence-corrected chi connectivity index (χ0v) is 36.0. The van der Waals surface area contributed by atoms with E-state index < -0.39 is 5.41 Å². The smallest absolute Gasteiger partial charge is 0.220 e. The normalized spacial score (nSPS) is 10.9. The van der Waals surface area contributed by atoms with Gasteiger partial charge in [0.25, 0.3) is 0 Å². The highest BCUT2D eigenvalue weighted by atomic mass is 16.2. The van der Waals surface area contributed by atoms with E-state index in [0.29, 0.717) is 51.4 Å². The Morgan fingerprint density at radius 3 is 0.552 bits per heavy atom. The molecule has 0 saturated heterocycles. The molecule has 0 aromatic heterocycles. The lowest BCUT2D eigenvalue weighted by Crippen LogP contribution is -2.35. The SMILES string of the molecule is CC(=O)CCC(CCC(C)=O)(CCC(C)=O)CCC(C)=O.CC(=O)CNC(=O)CCC(CCC(=O)NCC(C)=O)(CCC(=O)NCC(C)=O)CCC(=O)NCC(C)=O. The third-order valence-electron chi connectivity index (χ3n) is 9.70. The number of ketones is 8. The number of hydrogen-bond donors (Lipinski definition) is 4. The molecule has 0 heterocycles. The van der Waals surface area contributed by atoms with Crippen molar-refractivity contribution in [2.24, 2.45) is 10.8 Å². The van der Waals surface area contributed by atoms with Crippen LogP contribution in [0.25, 0.3) is 0 Å². The first kappa shape index (κ1) is 55.3. The van der Waals surface area contributed by atoms with Gasteiger partial charge in [0.05, 0.1) is 26.2 Å². The Morgan fingerprint density at radius 1 is 0.259 bits per heavy atom. The summed E-state index contributed by atoms with van der Waals surface area (Å²) in [6.45, 7) is 11.0. The molecule has 0 rings (SSSR count). The van der Waals surface area contributed by atoms with Crippen LogP contribution in [0.1, 0.15) is 158 Å². The zero-order valence-electron chi connectivity index (χ0n) is 36.0. The van der Waals surface area contributed by atoms with Crippen molar-refractivity contribution in [2.75, 3.05) is 26.2 Å². The van der Waals surface area contributed by atoms with Crippen LogP contribution >= 0.6 is 0 Å². The molecule has 4 N–H and O–H groups in total. The molecule has 16 nitrogen and oxygen atoms in total.